The molecule has 6 saturated carbocycles. The summed E-state index contributed by atoms with van der Waals surface area (Å²) in [5.41, 5.74) is 22.9. The third kappa shape index (κ3) is 19.3. The van der Waals surface area contributed by atoms with Gasteiger partial charge >= 0.3 is 30.1 Å². The van der Waals surface area contributed by atoms with Crippen LogP contribution in [-0.4, -0.2) is 79.3 Å². The quantitative estimate of drug-likeness (QED) is 0.0658. The van der Waals surface area contributed by atoms with Crippen molar-refractivity contribution in [1.82, 2.24) is 19.9 Å². The summed E-state index contributed by atoms with van der Waals surface area (Å²) in [5.74, 6) is 5.89. The molecule has 18 rings (SSSR count). The fourth-order valence-electron chi connectivity index (χ4n) is 23.4. The predicted molar refractivity (Wildman–Crippen MR) is 482 cm³/mol. The maximum Gasteiger partial charge on any atom is 0.416 e. The van der Waals surface area contributed by atoms with Crippen molar-refractivity contribution in [2.24, 2.45) is 130 Å². The zero-order valence-corrected chi connectivity index (χ0v) is 72.9. The van der Waals surface area contributed by atoms with E-state index in [1.165, 1.54) is 67.9 Å². The highest BCUT2D eigenvalue weighted by Gasteiger charge is 2.62. The Balaban J connectivity index is 0.000000135. The van der Waals surface area contributed by atoms with Crippen LogP contribution < -0.4 is 11.5 Å². The number of aryl methyl sites for hydroxylation is 1. The number of carbonyl (C=O) groups excluding carboxylic acids is 4. The van der Waals surface area contributed by atoms with E-state index in [-0.39, 0.29) is 115 Å². The maximum atomic E-state index is 13.5. The number of alkyl halides is 3. The van der Waals surface area contributed by atoms with Gasteiger partial charge in [0.1, 0.15) is 41.3 Å². The van der Waals surface area contributed by atoms with Crippen molar-refractivity contribution in [3.8, 4) is 50.6 Å². The van der Waals surface area contributed by atoms with Crippen molar-refractivity contribution in [3.05, 3.63) is 240 Å². The first-order valence-corrected chi connectivity index (χ1v) is 44.8. The first kappa shape index (κ1) is 90.7. The molecule has 10 fully saturated rings. The van der Waals surface area contributed by atoms with Crippen LogP contribution in [0.1, 0.15) is 180 Å². The van der Waals surface area contributed by atoms with Gasteiger partial charge in [0, 0.05) is 76.3 Å². The topological polar surface area (TPSA) is 233 Å². The van der Waals surface area contributed by atoms with Crippen molar-refractivity contribution in [1.29, 1.82) is 5.26 Å². The fourth-order valence-corrected chi connectivity index (χ4v) is 23.4. The van der Waals surface area contributed by atoms with E-state index in [2.05, 4.69) is 148 Å². The molecule has 125 heavy (non-hydrogen) atoms. The summed E-state index contributed by atoms with van der Waals surface area (Å²) in [6.07, 6.45) is 29.9. The van der Waals surface area contributed by atoms with Crippen LogP contribution in [0.25, 0.3) is 68.8 Å². The Morgan fingerprint density at radius 2 is 0.848 bits per heavy atom. The molecular weight excluding hydrogens is 1580 g/mol. The summed E-state index contributed by atoms with van der Waals surface area (Å²) < 4.78 is 75.1. The molecular formula is C106H121F4N7O8. The van der Waals surface area contributed by atoms with Crippen LogP contribution in [0.15, 0.2) is 195 Å². The number of allylic oxidation sites excluding steroid dienone is 4. The number of benzene rings is 4. The lowest BCUT2D eigenvalue weighted by atomic mass is 9.56. The number of rotatable bonds is 12. The minimum absolute atomic E-state index is 0. The number of aromatic nitrogens is 4. The monoisotopic (exact) mass is 1700 g/mol. The maximum absolute atomic E-state index is 13.5. The molecule has 0 amide bonds. The first-order chi connectivity index (χ1) is 59.3. The van der Waals surface area contributed by atoms with E-state index in [4.69, 9.17) is 30.4 Å². The third-order valence-electron chi connectivity index (χ3n) is 30.0. The molecule has 4 saturated heterocycles. The zero-order valence-electron chi connectivity index (χ0n) is 72.9. The van der Waals surface area contributed by atoms with Gasteiger partial charge in [-0.25, -0.2) is 4.39 Å². The second-order valence-corrected chi connectivity index (χ2v) is 38.0. The number of nitrogens with zero attached hydrogens (tertiary/aromatic N) is 5. The molecule has 4 aromatic carbocycles. The highest BCUT2D eigenvalue weighted by Crippen LogP contribution is 2.58. The van der Waals surface area contributed by atoms with Crippen LogP contribution in [0.4, 0.5) is 17.6 Å². The van der Waals surface area contributed by atoms with Crippen molar-refractivity contribution in [2.45, 2.75) is 189 Å². The lowest BCUT2D eigenvalue weighted by molar-refractivity contribution is -0.146. The van der Waals surface area contributed by atoms with E-state index < -0.39 is 22.8 Å². The molecule has 19 heteroatoms. The van der Waals surface area contributed by atoms with Gasteiger partial charge in [0.15, 0.2) is 0 Å². The summed E-state index contributed by atoms with van der Waals surface area (Å²) in [7, 11) is 0. The van der Waals surface area contributed by atoms with Crippen LogP contribution >= 0.6 is 0 Å². The number of pyridine rings is 4. The molecule has 8 heterocycles. The number of halogens is 4. The van der Waals surface area contributed by atoms with Crippen LogP contribution in [0.3, 0.4) is 0 Å². The number of ether oxygens (including phenoxy) is 4. The average Bonchev–Trinajstić information content (AvgIpc) is 1.61. The van der Waals surface area contributed by atoms with Gasteiger partial charge < -0.3 is 30.4 Å². The number of hydrogen-bond acceptors (Lipinski definition) is 15. The van der Waals surface area contributed by atoms with Gasteiger partial charge in [-0.2, -0.15) is 18.4 Å². The normalized spacial score (nSPS) is 33.7. The van der Waals surface area contributed by atoms with Gasteiger partial charge in [-0.15, -0.1) is 0 Å². The van der Waals surface area contributed by atoms with Crippen LogP contribution in [0, 0.1) is 142 Å². The molecule has 0 bridgehead atoms. The smallest absolute Gasteiger partial charge is 0.416 e. The predicted octanol–water partition coefficient (Wildman–Crippen LogP) is 22.6. The highest BCUT2D eigenvalue weighted by atomic mass is 19.4. The summed E-state index contributed by atoms with van der Waals surface area (Å²) in [6.45, 7) is 23.5. The largest absolute Gasteiger partial charge is 0.462 e. The number of nitriles is 1. The molecule has 4 aliphatic heterocycles. The summed E-state index contributed by atoms with van der Waals surface area (Å²) >= 11 is 0. The summed E-state index contributed by atoms with van der Waals surface area (Å²) in [4.78, 5) is 68.2. The third-order valence-corrected chi connectivity index (χ3v) is 30.0. The first-order valence-electron chi connectivity index (χ1n) is 44.8. The van der Waals surface area contributed by atoms with E-state index in [0.717, 1.165) is 81.5 Å². The van der Waals surface area contributed by atoms with Gasteiger partial charge in [0.05, 0.1) is 51.8 Å². The molecule has 0 spiro atoms. The fraction of sp³-hybridized carbons (Fsp3) is 0.462. The Labute approximate surface area is 734 Å². The van der Waals surface area contributed by atoms with E-state index >= 15 is 0 Å². The second kappa shape index (κ2) is 37.9. The van der Waals surface area contributed by atoms with Gasteiger partial charge in [0.2, 0.25) is 0 Å². The van der Waals surface area contributed by atoms with Gasteiger partial charge in [-0.05, 0) is 264 Å². The van der Waals surface area contributed by atoms with Gasteiger partial charge in [0.25, 0.3) is 0 Å². The minimum atomic E-state index is -4.37. The Morgan fingerprint density at radius 1 is 0.448 bits per heavy atom. The van der Waals surface area contributed by atoms with Crippen molar-refractivity contribution < 1.29 is 55.7 Å². The molecule has 0 radical (unpaired) electrons. The van der Waals surface area contributed by atoms with E-state index in [1.807, 2.05) is 106 Å². The molecule has 6 aliphatic carbocycles. The zero-order chi connectivity index (χ0) is 87.8. The summed E-state index contributed by atoms with van der Waals surface area (Å²) in [5, 5.41) is 9.32. The van der Waals surface area contributed by atoms with Gasteiger partial charge in [-0.1, -0.05) is 183 Å². The average molecular weight is 1700 g/mol. The van der Waals surface area contributed by atoms with Crippen LogP contribution in [0.5, 0.6) is 0 Å². The van der Waals surface area contributed by atoms with Crippen LogP contribution in [0.2, 0.25) is 0 Å². The van der Waals surface area contributed by atoms with Crippen molar-refractivity contribution in [3.63, 3.8) is 0 Å². The molecule has 8 aromatic rings. The molecule has 4 N–H and O–H groups in total. The second-order valence-electron chi connectivity index (χ2n) is 38.0. The molecule has 0 unspecified atom stereocenters. The van der Waals surface area contributed by atoms with Gasteiger partial charge in [-0.3, -0.25) is 39.1 Å². The standard InChI is InChI=1S/C28H30F3NO2.C27H30FNO2.C25H27N3O2.C25H30N2O2.CH4/c1-16-6-10-23-20(12-16)14-25-26(17(2)34-27(25)33)24(23)11-9-22-8-7-19(15-32-22)18-4-3-5-21(13-18)28(29,30)31;1-16-6-10-23-20(12-16)14-25-26(17(2)31-27(25)30)24(23)11-9-22-8-7-19(15-29-22)18-4-3-5-21(28)13-18;1-15-12-25(27)23(17(3)30-24(25)29)21(16(15)2)11-10-20-9-8-19(14-28-20)22-7-5-4-6-18(22)13-26;1-15-6-5-7-19(12-15)20-8-9-21(27-14-20)10-11-22-17(3)16(2)13-25(26)23(22)18(4)29-24(25)28;/h3-5,7-9,11,13,15-17,20,23-26H,6,10,12,14H2,1-2H3;3-5,7-9,11,13,15-17,20,23-26H,6,10,12,14H2,1-2H3;4-11,14-17,21,23H,12,27H2,1-3H3;5-12,14,16-18,22-23H,13,26H2,1-4H3;1H4/b2*11-9+;2*11-10+;/t2*16-,17-,20+,23-,24+,25-,26+;15-,16+,17+,21-,23-,25-;16-,17+,18+,22-,23-,25-;/m1100./s1. The van der Waals surface area contributed by atoms with Crippen molar-refractivity contribution in [2.75, 3.05) is 0 Å². The molecule has 26 atom stereocenters. The SMILES string of the molecule is C.C[C@@H]1CC[C@@H]2[C@@H](C1)C[C@H]1C(=O)O[C@H](C)[C@H]1[C@H]2/C=C/c1ccc(-c2cccc(C(F)(F)F)c2)cn1.C[C@@H]1CC[C@@H]2[C@@H](C1)C[C@H]1C(=O)O[C@H](C)[C@H]1[C@H]2/C=C/c1ccc(-c2cccc(F)c2)cn1.C[C@H]1[C@H](/C=C/c2ccc(-c3ccccc3C#N)cn2)[C@@H]2[C@@H](C)OC(=O)[C@]2(N)C[C@@H]1C.Cc1cccc(-c2ccc(/C=C/[C@H]3[C@H](C)[C@@H](C)C[C@@]4(N)C(=O)O[C@H](C)[C@@H]34)nc2)c1. The molecule has 4 aromatic heterocycles. The number of hydrogen-bond donors (Lipinski definition) is 2. The number of fused-ring (bicyclic) bond motifs is 6. The van der Waals surface area contributed by atoms with E-state index in [9.17, 15) is 42.0 Å². The summed E-state index contributed by atoms with van der Waals surface area (Å²) in [6, 6.07) is 45.7. The lowest BCUT2D eigenvalue weighted by Crippen LogP contribution is -2.58. The Bertz CT molecular complexity index is 5340. The number of carbonyl (C=O) groups is 4. The van der Waals surface area contributed by atoms with E-state index in [1.54, 1.807) is 36.8 Å². The van der Waals surface area contributed by atoms with Crippen molar-refractivity contribution >= 4 is 48.2 Å². The molecule has 10 aliphatic rings. The number of cyclic esters (lactones) is 4. The molecule has 15 nitrogen and oxygen atoms in total. The Morgan fingerprint density at radius 3 is 1.26 bits per heavy atom. The Hall–Kier alpha value is -10.6. The Kier molecular flexibility index (Phi) is 27.5. The highest BCUT2D eigenvalue weighted by molar-refractivity contribution is 5.85. The molecule has 656 valence electrons. The minimum Gasteiger partial charge on any atom is -0.462 e. The van der Waals surface area contributed by atoms with Crippen LogP contribution in [-0.2, 0) is 44.3 Å². The number of esters is 4. The lowest BCUT2D eigenvalue weighted by Gasteiger charge is -2.47. The number of nitrogens with two attached hydrogens (primary N) is 2. The van der Waals surface area contributed by atoms with E-state index in [0.29, 0.717) is 88.7 Å².